The zero-order valence-electron chi connectivity index (χ0n) is 12.4. The number of ether oxygens (including phenoxy) is 1. The summed E-state index contributed by atoms with van der Waals surface area (Å²) in [6.45, 7) is 5.53. The number of benzene rings is 1. The first-order valence-corrected chi connectivity index (χ1v) is 7.39. The van der Waals surface area contributed by atoms with Crippen LogP contribution < -0.4 is 4.74 Å². The predicted octanol–water partition coefficient (Wildman–Crippen LogP) is 4.57. The molecule has 1 aromatic heterocycles. The lowest BCUT2D eigenvalue weighted by molar-refractivity contribution is 0.0991. The van der Waals surface area contributed by atoms with Gasteiger partial charge in [-0.1, -0.05) is 11.6 Å². The van der Waals surface area contributed by atoms with Crippen LogP contribution in [0.3, 0.4) is 0 Å². The molecular weight excluding hydrogens is 309 g/mol. The van der Waals surface area contributed by atoms with Crippen LogP contribution in [0.5, 0.6) is 5.75 Å². The molecule has 0 aliphatic rings. The van der Waals surface area contributed by atoms with Crippen molar-refractivity contribution in [1.82, 2.24) is 4.57 Å². The lowest BCUT2D eigenvalue weighted by Gasteiger charge is -2.12. The number of Topliss-reactive ketones (excluding diaryl/α,β-unsaturated/α-hetero) is 1. The van der Waals surface area contributed by atoms with E-state index in [1.165, 1.54) is 0 Å². The maximum absolute atomic E-state index is 12.1. The lowest BCUT2D eigenvalue weighted by Crippen LogP contribution is -2.11. The molecular formula is C16H17Cl2NO2. The number of methoxy groups -OCH3 is 1. The molecule has 0 fully saturated rings. The molecule has 21 heavy (non-hydrogen) atoms. The van der Waals surface area contributed by atoms with Crippen LogP contribution in [0.1, 0.15) is 28.7 Å². The standard InChI is InChI=1S/C16H17Cl2NO2/c1-9-7-13(16(20)10(2)17)11(3)19(9)12-5-6-14(18)15(8-12)21-4/h5-8,10H,1-4H3. The smallest absolute Gasteiger partial charge is 0.182 e. The van der Waals surface area contributed by atoms with Gasteiger partial charge in [-0.2, -0.15) is 0 Å². The van der Waals surface area contributed by atoms with E-state index in [2.05, 4.69) is 0 Å². The van der Waals surface area contributed by atoms with Gasteiger partial charge in [0.1, 0.15) is 5.75 Å². The van der Waals surface area contributed by atoms with Crippen molar-refractivity contribution < 1.29 is 9.53 Å². The van der Waals surface area contributed by atoms with Crippen LogP contribution in [-0.2, 0) is 0 Å². The molecule has 0 bridgehead atoms. The number of carbonyl (C=O) groups is 1. The van der Waals surface area contributed by atoms with Gasteiger partial charge in [-0.15, -0.1) is 11.6 Å². The van der Waals surface area contributed by atoms with E-state index < -0.39 is 5.38 Å². The zero-order valence-corrected chi connectivity index (χ0v) is 13.9. The molecule has 1 unspecified atom stereocenters. The summed E-state index contributed by atoms with van der Waals surface area (Å²) in [6.07, 6.45) is 0. The lowest BCUT2D eigenvalue weighted by atomic mass is 10.1. The molecule has 0 aliphatic heterocycles. The van der Waals surface area contributed by atoms with Crippen LogP contribution in [0.4, 0.5) is 0 Å². The number of carbonyl (C=O) groups excluding carboxylic acids is 1. The Bertz CT molecular complexity index is 690. The average molecular weight is 326 g/mol. The molecule has 0 saturated carbocycles. The molecule has 2 aromatic rings. The van der Waals surface area contributed by atoms with Gasteiger partial charge in [0.25, 0.3) is 0 Å². The fourth-order valence-corrected chi connectivity index (χ4v) is 2.72. The molecule has 5 heteroatoms. The van der Waals surface area contributed by atoms with E-state index in [0.29, 0.717) is 16.3 Å². The minimum Gasteiger partial charge on any atom is -0.495 e. The van der Waals surface area contributed by atoms with Crippen molar-refractivity contribution in [3.05, 3.63) is 46.2 Å². The second-order valence-electron chi connectivity index (χ2n) is 4.92. The fourth-order valence-electron chi connectivity index (χ4n) is 2.41. The molecule has 0 radical (unpaired) electrons. The minimum atomic E-state index is -0.543. The molecule has 2 rings (SSSR count). The third-order valence-electron chi connectivity index (χ3n) is 3.45. The van der Waals surface area contributed by atoms with Gasteiger partial charge in [0.15, 0.2) is 5.78 Å². The summed E-state index contributed by atoms with van der Waals surface area (Å²) in [5.74, 6) is 0.525. The number of aromatic nitrogens is 1. The quantitative estimate of drug-likeness (QED) is 0.609. The SMILES string of the molecule is COc1cc(-n2c(C)cc(C(=O)C(C)Cl)c2C)ccc1Cl. The minimum absolute atomic E-state index is 0.0723. The largest absolute Gasteiger partial charge is 0.495 e. The van der Waals surface area contributed by atoms with Gasteiger partial charge in [-0.25, -0.2) is 0 Å². The van der Waals surface area contributed by atoms with E-state index in [4.69, 9.17) is 27.9 Å². The van der Waals surface area contributed by atoms with Crippen molar-refractivity contribution >= 4 is 29.0 Å². The van der Waals surface area contributed by atoms with E-state index in [9.17, 15) is 4.79 Å². The van der Waals surface area contributed by atoms with E-state index in [1.807, 2.05) is 36.6 Å². The summed E-state index contributed by atoms with van der Waals surface area (Å²) in [6, 6.07) is 7.38. The van der Waals surface area contributed by atoms with Crippen LogP contribution in [0.15, 0.2) is 24.3 Å². The number of ketones is 1. The van der Waals surface area contributed by atoms with Crippen LogP contribution in [0.2, 0.25) is 5.02 Å². The van der Waals surface area contributed by atoms with Crippen molar-refractivity contribution in [3.63, 3.8) is 0 Å². The highest BCUT2D eigenvalue weighted by molar-refractivity contribution is 6.33. The summed E-state index contributed by atoms with van der Waals surface area (Å²) in [7, 11) is 1.57. The summed E-state index contributed by atoms with van der Waals surface area (Å²) in [5.41, 5.74) is 3.35. The van der Waals surface area contributed by atoms with Gasteiger partial charge in [0.05, 0.1) is 17.5 Å². The number of halogens is 2. The molecule has 0 aliphatic carbocycles. The topological polar surface area (TPSA) is 31.2 Å². The average Bonchev–Trinajstić information content (AvgIpc) is 2.74. The first kappa shape index (κ1) is 15.9. The van der Waals surface area contributed by atoms with Crippen molar-refractivity contribution in [2.45, 2.75) is 26.1 Å². The summed E-state index contributed by atoms with van der Waals surface area (Å²) < 4.78 is 7.24. The highest BCUT2D eigenvalue weighted by atomic mass is 35.5. The van der Waals surface area contributed by atoms with Gasteiger partial charge in [0, 0.05) is 28.7 Å². The number of rotatable bonds is 4. The molecule has 3 nitrogen and oxygen atoms in total. The number of nitrogens with zero attached hydrogens (tertiary/aromatic N) is 1. The normalized spacial score (nSPS) is 12.3. The van der Waals surface area contributed by atoms with Gasteiger partial charge in [0.2, 0.25) is 0 Å². The third-order valence-corrected chi connectivity index (χ3v) is 3.96. The maximum atomic E-state index is 12.1. The number of aryl methyl sites for hydroxylation is 1. The first-order chi connectivity index (χ1) is 9.86. The van der Waals surface area contributed by atoms with E-state index in [1.54, 1.807) is 20.1 Å². The van der Waals surface area contributed by atoms with Crippen molar-refractivity contribution in [1.29, 1.82) is 0 Å². The van der Waals surface area contributed by atoms with Crippen LogP contribution in [0.25, 0.3) is 5.69 Å². The first-order valence-electron chi connectivity index (χ1n) is 6.58. The summed E-state index contributed by atoms with van der Waals surface area (Å²) in [5, 5.41) is 0.00750. The number of hydrogen-bond donors (Lipinski definition) is 0. The monoisotopic (exact) mass is 325 g/mol. The second-order valence-corrected chi connectivity index (χ2v) is 5.98. The second kappa shape index (κ2) is 6.12. The van der Waals surface area contributed by atoms with Crippen molar-refractivity contribution in [2.24, 2.45) is 0 Å². The van der Waals surface area contributed by atoms with Crippen molar-refractivity contribution in [3.8, 4) is 11.4 Å². The Morgan fingerprint density at radius 1 is 1.29 bits per heavy atom. The molecule has 0 amide bonds. The van der Waals surface area contributed by atoms with Gasteiger partial charge in [-0.3, -0.25) is 4.79 Å². The van der Waals surface area contributed by atoms with Gasteiger partial charge in [-0.05, 0) is 39.0 Å². The van der Waals surface area contributed by atoms with Gasteiger partial charge >= 0.3 is 0 Å². The molecule has 1 aromatic carbocycles. The van der Waals surface area contributed by atoms with E-state index >= 15 is 0 Å². The molecule has 1 heterocycles. The molecule has 1 atom stereocenters. The Balaban J connectivity index is 2.57. The molecule has 0 N–H and O–H groups in total. The summed E-state index contributed by atoms with van der Waals surface area (Å²) >= 11 is 12.0. The number of hydrogen-bond acceptors (Lipinski definition) is 2. The zero-order chi connectivity index (χ0) is 15.7. The van der Waals surface area contributed by atoms with Crippen molar-refractivity contribution in [2.75, 3.05) is 7.11 Å². The highest BCUT2D eigenvalue weighted by Crippen LogP contribution is 2.29. The third kappa shape index (κ3) is 2.94. The molecule has 0 spiro atoms. The molecule has 112 valence electrons. The number of alkyl halides is 1. The Labute approximate surface area is 134 Å². The van der Waals surface area contributed by atoms with E-state index in [-0.39, 0.29) is 5.78 Å². The Kier molecular flexibility index (Phi) is 4.64. The molecule has 0 saturated heterocycles. The van der Waals surface area contributed by atoms with E-state index in [0.717, 1.165) is 17.1 Å². The predicted molar refractivity (Wildman–Crippen MR) is 86.5 cm³/mol. The van der Waals surface area contributed by atoms with Crippen LogP contribution >= 0.6 is 23.2 Å². The Morgan fingerprint density at radius 3 is 2.52 bits per heavy atom. The Morgan fingerprint density at radius 2 is 1.95 bits per heavy atom. The fraction of sp³-hybridized carbons (Fsp3) is 0.312. The summed E-state index contributed by atoms with van der Waals surface area (Å²) in [4.78, 5) is 12.1. The highest BCUT2D eigenvalue weighted by Gasteiger charge is 2.20. The van der Waals surface area contributed by atoms with Gasteiger partial charge < -0.3 is 9.30 Å². The van der Waals surface area contributed by atoms with Crippen LogP contribution in [0, 0.1) is 13.8 Å². The maximum Gasteiger partial charge on any atom is 0.182 e. The Hall–Kier alpha value is -1.45. The van der Waals surface area contributed by atoms with Crippen LogP contribution in [-0.4, -0.2) is 22.8 Å².